The molecule has 7 rings (SSSR count). The zero-order chi connectivity index (χ0) is 70.3. The van der Waals surface area contributed by atoms with E-state index in [0.717, 1.165) is 116 Å². The molecule has 7 aliphatic rings. The molecule has 5 aliphatic heterocycles. The number of carbonyl (C=O) groups excluding carboxylic acids is 13. The fourth-order valence-corrected chi connectivity index (χ4v) is 16.3. The fraction of sp³-hybridized carbons (Fsp3) is 0.753. The molecule has 0 spiro atoms. The third kappa shape index (κ3) is 24.0. The van der Waals surface area contributed by atoms with Crippen molar-refractivity contribution in [3.05, 3.63) is 36.5 Å². The van der Waals surface area contributed by atoms with Crippen molar-refractivity contribution in [2.45, 2.75) is 271 Å². The second-order valence-electron chi connectivity index (χ2n) is 28.7. The lowest BCUT2D eigenvalue weighted by molar-refractivity contribution is -0.167. The summed E-state index contributed by atoms with van der Waals surface area (Å²) in [5, 5.41) is 0. The molecule has 2 aliphatic carbocycles. The van der Waals surface area contributed by atoms with Gasteiger partial charge in [-0.05, 0) is 106 Å². The van der Waals surface area contributed by atoms with Crippen molar-refractivity contribution in [1.29, 1.82) is 0 Å². The average molecular weight is 1370 g/mol. The summed E-state index contributed by atoms with van der Waals surface area (Å²) >= 11 is 0. The molecular formula is C77H110O21. The maximum absolute atomic E-state index is 13.3. The van der Waals surface area contributed by atoms with Crippen LogP contribution in [0.5, 0.6) is 0 Å². The lowest BCUT2D eigenvalue weighted by atomic mass is 9.63. The molecule has 0 aromatic heterocycles. The molecule has 98 heavy (non-hydrogen) atoms. The Kier molecular flexibility index (Phi) is 33.5. The second-order valence-corrected chi connectivity index (χ2v) is 28.7. The Morgan fingerprint density at radius 2 is 0.776 bits per heavy atom. The van der Waals surface area contributed by atoms with Crippen LogP contribution < -0.4 is 0 Å². The number of hydrogen-bond donors (Lipinski definition) is 0. The van der Waals surface area contributed by atoms with E-state index in [1.807, 2.05) is 43.4 Å². The number of rotatable bonds is 49. The molecule has 0 amide bonds. The lowest BCUT2D eigenvalue weighted by Gasteiger charge is -2.37. The number of unbranched alkanes of at least 4 members (excludes halogenated alkanes) is 20. The molecule has 0 bridgehead atoms. The van der Waals surface area contributed by atoms with Crippen molar-refractivity contribution in [2.75, 3.05) is 13.2 Å². The van der Waals surface area contributed by atoms with E-state index in [2.05, 4.69) is 13.8 Å². The largest absolute Gasteiger partial charge is 0.462 e. The Bertz CT molecular complexity index is 2810. The predicted molar refractivity (Wildman–Crippen MR) is 356 cm³/mol. The van der Waals surface area contributed by atoms with E-state index in [4.69, 9.17) is 37.9 Å². The van der Waals surface area contributed by atoms with E-state index >= 15 is 0 Å². The molecule has 21 nitrogen and oxygen atoms in total. The molecule has 21 heteroatoms. The van der Waals surface area contributed by atoms with Gasteiger partial charge >= 0.3 is 77.6 Å². The van der Waals surface area contributed by atoms with E-state index in [1.165, 1.54) is 25.7 Å². The number of hydrogen-bond acceptors (Lipinski definition) is 21. The summed E-state index contributed by atoms with van der Waals surface area (Å²) in [7, 11) is 0. The highest BCUT2D eigenvalue weighted by Crippen LogP contribution is 2.51. The normalized spacial score (nSPS) is 26.2. The summed E-state index contributed by atoms with van der Waals surface area (Å²) in [5.41, 5.74) is 0. The Morgan fingerprint density at radius 1 is 0.398 bits per heavy atom. The molecule has 5 fully saturated rings. The molecule has 0 saturated carbocycles. The van der Waals surface area contributed by atoms with Crippen molar-refractivity contribution in [3.63, 3.8) is 0 Å². The number of fused-ring (bicyclic) bond motifs is 2. The van der Waals surface area contributed by atoms with Gasteiger partial charge < -0.3 is 37.9 Å². The van der Waals surface area contributed by atoms with Crippen LogP contribution in [0.1, 0.15) is 265 Å². The van der Waals surface area contributed by atoms with Gasteiger partial charge in [-0.1, -0.05) is 198 Å². The standard InChI is InChI=1S/C77H110O21/c1-4-7-10-11-12-16-25-32-50(58-45-64(81)94-71(58)84)33-26-17-13-22-31-40-63(80)93-53(48-91-61(78)38-29-20-14-18-27-36-54(59-46-65(82)95-72(59)85)56-43-41-51(34-23-8-5-2)67-69(56)76(89)97-74(67)87)49-92-62(79)39-30-21-15-19-28-37-55(60-47-66(83)96-73(60)86)57-44-42-52(35-24-9-6-3)68-70(57)77(90)98-75(68)88/h8,23,41-44,50-60,67-70H,4-7,9-22,24-40,45-49H2,1-3H3. The molecule has 0 aromatic rings. The van der Waals surface area contributed by atoms with Gasteiger partial charge in [0.2, 0.25) is 0 Å². The Hall–Kier alpha value is -6.67. The molecular weight excluding hydrogens is 1260 g/mol. The average Bonchev–Trinajstić information content (AvgIpc) is 1.58. The molecule has 0 radical (unpaired) electrons. The third-order valence-electron chi connectivity index (χ3n) is 21.6. The van der Waals surface area contributed by atoms with Crippen molar-refractivity contribution >= 4 is 77.6 Å². The van der Waals surface area contributed by atoms with Crippen molar-refractivity contribution < 1.29 is 100 Å². The van der Waals surface area contributed by atoms with Gasteiger partial charge in [0.1, 0.15) is 13.2 Å². The number of ether oxygens (including phenoxy) is 8. The lowest BCUT2D eigenvalue weighted by Crippen LogP contribution is -2.40. The van der Waals surface area contributed by atoms with Crippen molar-refractivity contribution in [3.8, 4) is 0 Å². The summed E-state index contributed by atoms with van der Waals surface area (Å²) in [4.78, 5) is 168. The van der Waals surface area contributed by atoms with Crippen LogP contribution >= 0.6 is 0 Å². The maximum Gasteiger partial charge on any atom is 0.318 e. The number of carbonyl (C=O) groups is 13. The maximum atomic E-state index is 13.3. The minimum atomic E-state index is -1.06. The van der Waals surface area contributed by atoms with Crippen molar-refractivity contribution in [1.82, 2.24) is 0 Å². The van der Waals surface area contributed by atoms with Gasteiger partial charge in [-0.2, -0.15) is 0 Å². The van der Waals surface area contributed by atoms with Crippen LogP contribution in [0.3, 0.4) is 0 Å². The van der Waals surface area contributed by atoms with Gasteiger partial charge in [-0.3, -0.25) is 62.3 Å². The Balaban J connectivity index is 0.855. The molecule has 5 heterocycles. The number of allylic oxidation sites excluding steroid dienone is 6. The van der Waals surface area contributed by atoms with E-state index in [-0.39, 0.29) is 69.5 Å². The van der Waals surface area contributed by atoms with E-state index in [0.29, 0.717) is 64.2 Å². The summed E-state index contributed by atoms with van der Waals surface area (Å²) < 4.78 is 42.3. The minimum absolute atomic E-state index is 0.0733. The zero-order valence-electron chi connectivity index (χ0n) is 58.5. The van der Waals surface area contributed by atoms with Gasteiger partial charge in [0.25, 0.3) is 0 Å². The Labute approximate surface area is 578 Å². The van der Waals surface area contributed by atoms with Gasteiger partial charge in [0.05, 0.1) is 60.7 Å². The van der Waals surface area contributed by atoms with Gasteiger partial charge in [0, 0.05) is 19.3 Å². The smallest absolute Gasteiger partial charge is 0.318 e. The van der Waals surface area contributed by atoms with Crippen LogP contribution in [0.15, 0.2) is 36.5 Å². The molecule has 0 N–H and O–H groups in total. The SMILES string of the molecule is CCC=CCC1C=CC(C(CCCCCCCC(=O)OCC(COC(=O)CCCCCCCC(C2CC(=O)OC2=O)C2C=CC(CCCCC)C3C(=O)OC(=O)C23)OC(=O)CCCCCCCC(CCCCCCCCC)C2CC(=O)OC2=O)C2CC(=O)OC2=O)C2C(=O)OC(=O)C12. The van der Waals surface area contributed by atoms with Gasteiger partial charge in [-0.25, -0.2) is 0 Å². The number of esters is 13. The third-order valence-corrected chi connectivity index (χ3v) is 21.6. The van der Waals surface area contributed by atoms with Crippen LogP contribution in [0, 0.1) is 82.9 Å². The van der Waals surface area contributed by atoms with Crippen molar-refractivity contribution in [2.24, 2.45) is 82.9 Å². The molecule has 0 aromatic carbocycles. The highest BCUT2D eigenvalue weighted by atomic mass is 16.6. The van der Waals surface area contributed by atoms with Crippen LogP contribution in [-0.2, 0) is 100 Å². The van der Waals surface area contributed by atoms with Crippen LogP contribution in [0.25, 0.3) is 0 Å². The molecule has 544 valence electrons. The zero-order valence-corrected chi connectivity index (χ0v) is 58.5. The van der Waals surface area contributed by atoms with E-state index in [9.17, 15) is 62.3 Å². The topological polar surface area (TPSA) is 296 Å². The number of cyclic esters (lactones) is 10. The first-order valence-corrected chi connectivity index (χ1v) is 37.7. The summed E-state index contributed by atoms with van der Waals surface area (Å²) in [6.07, 6.45) is 37.2. The Morgan fingerprint density at radius 3 is 1.21 bits per heavy atom. The van der Waals surface area contributed by atoms with Crippen LogP contribution in [0.4, 0.5) is 0 Å². The molecule has 5 saturated heterocycles. The quantitative estimate of drug-likeness (QED) is 0.0180. The van der Waals surface area contributed by atoms with Crippen LogP contribution in [0.2, 0.25) is 0 Å². The summed E-state index contributed by atoms with van der Waals surface area (Å²) in [6, 6.07) is 0. The first-order valence-electron chi connectivity index (χ1n) is 37.7. The summed E-state index contributed by atoms with van der Waals surface area (Å²) in [5.74, 6) is -14.1. The second kappa shape index (κ2) is 41.8. The monoisotopic (exact) mass is 1370 g/mol. The first-order chi connectivity index (χ1) is 47.4. The van der Waals surface area contributed by atoms with Crippen LogP contribution in [-0.4, -0.2) is 96.9 Å². The predicted octanol–water partition coefficient (Wildman–Crippen LogP) is 13.6. The highest BCUT2D eigenvalue weighted by Gasteiger charge is 2.58. The summed E-state index contributed by atoms with van der Waals surface area (Å²) in [6.45, 7) is 5.63. The fourth-order valence-electron chi connectivity index (χ4n) is 16.3. The van der Waals surface area contributed by atoms with E-state index in [1.54, 1.807) is 0 Å². The minimum Gasteiger partial charge on any atom is -0.462 e. The van der Waals surface area contributed by atoms with Gasteiger partial charge in [-0.15, -0.1) is 0 Å². The van der Waals surface area contributed by atoms with Gasteiger partial charge in [0.15, 0.2) is 6.10 Å². The molecule has 15 unspecified atom stereocenters. The molecule has 15 atom stereocenters. The first kappa shape index (κ1) is 78.7. The highest BCUT2D eigenvalue weighted by molar-refractivity contribution is 5.99. The van der Waals surface area contributed by atoms with E-state index < -0.39 is 149 Å².